The van der Waals surface area contributed by atoms with Gasteiger partial charge < -0.3 is 5.32 Å². The molecular formula is C12H14Br2FNO. The number of carbonyl (C=O) groups is 1. The number of amides is 1. The minimum absolute atomic E-state index is 0.0637. The van der Waals surface area contributed by atoms with Crippen LogP contribution >= 0.6 is 31.9 Å². The molecular weight excluding hydrogens is 353 g/mol. The summed E-state index contributed by atoms with van der Waals surface area (Å²) in [5, 5.41) is 2.87. The second-order valence-electron chi connectivity index (χ2n) is 4.02. The van der Waals surface area contributed by atoms with Crippen LogP contribution in [-0.4, -0.2) is 16.8 Å². The fraction of sp³-hybridized carbons (Fsp3) is 0.417. The molecule has 0 saturated heterocycles. The highest BCUT2D eigenvalue weighted by atomic mass is 79.9. The lowest BCUT2D eigenvalue weighted by atomic mass is 10.1. The third-order valence-corrected chi connectivity index (χ3v) is 3.26. The number of hydrogen-bond acceptors (Lipinski definition) is 1. The van der Waals surface area contributed by atoms with E-state index < -0.39 is 0 Å². The summed E-state index contributed by atoms with van der Waals surface area (Å²) in [6, 6.07) is 4.09. The molecule has 0 fully saturated rings. The van der Waals surface area contributed by atoms with Crippen molar-refractivity contribution in [3.05, 3.63) is 34.1 Å². The van der Waals surface area contributed by atoms with E-state index in [1.54, 1.807) is 0 Å². The van der Waals surface area contributed by atoms with Crippen molar-refractivity contribution in [2.24, 2.45) is 0 Å². The molecule has 1 aromatic carbocycles. The molecule has 1 N–H and O–H groups in total. The number of carbonyl (C=O) groups excluding carboxylic acids is 1. The summed E-state index contributed by atoms with van der Waals surface area (Å²) >= 11 is 6.61. The number of rotatable bonds is 4. The average Bonchev–Trinajstić information content (AvgIpc) is 2.15. The van der Waals surface area contributed by atoms with Crippen molar-refractivity contribution in [2.75, 3.05) is 0 Å². The maximum atomic E-state index is 12.9. The normalized spacial score (nSPS) is 14.2. The Bertz CT molecular complexity index is 409. The molecule has 0 radical (unpaired) electrons. The Kier molecular flexibility index (Phi) is 5.59. The lowest BCUT2D eigenvalue weighted by Crippen LogP contribution is -2.34. The van der Waals surface area contributed by atoms with E-state index >= 15 is 0 Å². The van der Waals surface area contributed by atoms with Gasteiger partial charge in [0.1, 0.15) is 5.82 Å². The van der Waals surface area contributed by atoms with Crippen LogP contribution in [0.1, 0.15) is 30.6 Å². The van der Waals surface area contributed by atoms with Gasteiger partial charge in [-0.1, -0.05) is 22.9 Å². The molecule has 0 aliphatic rings. The Balaban J connectivity index is 2.70. The van der Waals surface area contributed by atoms with Crippen LogP contribution in [0.3, 0.4) is 0 Å². The van der Waals surface area contributed by atoms with Crippen molar-refractivity contribution in [1.29, 1.82) is 0 Å². The molecule has 0 bridgehead atoms. The minimum Gasteiger partial charge on any atom is -0.350 e. The number of alkyl halides is 1. The summed E-state index contributed by atoms with van der Waals surface area (Å²) in [5.41, 5.74) is 0.445. The van der Waals surface area contributed by atoms with Gasteiger partial charge in [0.2, 0.25) is 0 Å². The highest BCUT2D eigenvalue weighted by molar-refractivity contribution is 9.10. The van der Waals surface area contributed by atoms with Gasteiger partial charge in [-0.3, -0.25) is 4.79 Å². The van der Waals surface area contributed by atoms with Gasteiger partial charge in [-0.05, 0) is 47.5 Å². The monoisotopic (exact) mass is 365 g/mol. The minimum atomic E-state index is -0.365. The molecule has 1 rings (SSSR count). The Hall–Kier alpha value is -0.420. The van der Waals surface area contributed by atoms with E-state index in [0.29, 0.717) is 14.9 Å². The van der Waals surface area contributed by atoms with Crippen LogP contribution in [0, 0.1) is 5.82 Å². The van der Waals surface area contributed by atoms with Crippen molar-refractivity contribution < 1.29 is 9.18 Å². The fourth-order valence-corrected chi connectivity index (χ4v) is 2.61. The maximum Gasteiger partial charge on any atom is 0.252 e. The molecule has 2 unspecified atom stereocenters. The summed E-state index contributed by atoms with van der Waals surface area (Å²) < 4.78 is 13.3. The van der Waals surface area contributed by atoms with Crippen molar-refractivity contribution in [3.8, 4) is 0 Å². The second-order valence-corrected chi connectivity index (χ2v) is 6.43. The molecule has 1 aromatic rings. The highest BCUT2D eigenvalue weighted by Gasteiger charge is 2.14. The summed E-state index contributed by atoms with van der Waals surface area (Å²) in [7, 11) is 0. The van der Waals surface area contributed by atoms with Crippen LogP contribution in [-0.2, 0) is 0 Å². The van der Waals surface area contributed by atoms with Gasteiger partial charge in [-0.15, -0.1) is 0 Å². The molecule has 0 saturated carbocycles. The molecule has 2 nitrogen and oxygen atoms in total. The van der Waals surface area contributed by atoms with E-state index in [9.17, 15) is 9.18 Å². The van der Waals surface area contributed by atoms with Gasteiger partial charge in [-0.25, -0.2) is 4.39 Å². The molecule has 0 aliphatic heterocycles. The zero-order valence-electron chi connectivity index (χ0n) is 9.64. The molecule has 17 heavy (non-hydrogen) atoms. The molecule has 0 aliphatic carbocycles. The lowest BCUT2D eigenvalue weighted by molar-refractivity contribution is 0.0938. The van der Waals surface area contributed by atoms with Gasteiger partial charge in [0.05, 0.1) is 5.56 Å². The quantitative estimate of drug-likeness (QED) is 0.805. The maximum absolute atomic E-state index is 12.9. The van der Waals surface area contributed by atoms with E-state index in [4.69, 9.17) is 0 Å². The van der Waals surface area contributed by atoms with Crippen LogP contribution in [0.4, 0.5) is 4.39 Å². The molecule has 5 heteroatoms. The van der Waals surface area contributed by atoms with E-state index in [1.165, 1.54) is 18.2 Å². The predicted octanol–water partition coefficient (Wildman–Crippen LogP) is 3.88. The summed E-state index contributed by atoms with van der Waals surface area (Å²) in [4.78, 5) is 12.2. The first kappa shape index (κ1) is 14.6. The average molecular weight is 367 g/mol. The first-order valence-corrected chi connectivity index (χ1v) is 7.01. The van der Waals surface area contributed by atoms with E-state index in [0.717, 1.165) is 6.42 Å². The fourth-order valence-electron chi connectivity index (χ4n) is 1.52. The van der Waals surface area contributed by atoms with Gasteiger partial charge >= 0.3 is 0 Å². The second kappa shape index (κ2) is 6.50. The summed E-state index contributed by atoms with van der Waals surface area (Å²) in [6.45, 7) is 3.96. The van der Waals surface area contributed by atoms with Crippen LogP contribution in [0.25, 0.3) is 0 Å². The molecule has 1 amide bonds. The van der Waals surface area contributed by atoms with Crippen LogP contribution in [0.5, 0.6) is 0 Å². The molecule has 94 valence electrons. The Morgan fingerprint density at radius 3 is 2.65 bits per heavy atom. The van der Waals surface area contributed by atoms with E-state index in [1.807, 2.05) is 13.8 Å². The number of hydrogen-bond donors (Lipinski definition) is 1. The van der Waals surface area contributed by atoms with Gasteiger partial charge in [0, 0.05) is 15.3 Å². The summed E-state index contributed by atoms with van der Waals surface area (Å²) in [6.07, 6.45) is 0.838. The largest absolute Gasteiger partial charge is 0.350 e. The van der Waals surface area contributed by atoms with Crippen LogP contribution < -0.4 is 5.32 Å². The molecule has 0 spiro atoms. The number of benzene rings is 1. The van der Waals surface area contributed by atoms with Crippen LogP contribution in [0.15, 0.2) is 22.7 Å². The topological polar surface area (TPSA) is 29.1 Å². The van der Waals surface area contributed by atoms with E-state index in [-0.39, 0.29) is 17.8 Å². The van der Waals surface area contributed by atoms with Crippen molar-refractivity contribution in [3.63, 3.8) is 0 Å². The first-order valence-electron chi connectivity index (χ1n) is 5.30. The summed E-state index contributed by atoms with van der Waals surface area (Å²) in [5.74, 6) is -0.562. The first-order chi connectivity index (χ1) is 7.90. The van der Waals surface area contributed by atoms with Gasteiger partial charge in [0.25, 0.3) is 5.91 Å². The Morgan fingerprint density at radius 2 is 2.12 bits per heavy atom. The number of nitrogens with one attached hydrogen (secondary N) is 1. The van der Waals surface area contributed by atoms with Crippen molar-refractivity contribution in [2.45, 2.75) is 31.1 Å². The Labute approximate surface area is 117 Å². The lowest BCUT2D eigenvalue weighted by Gasteiger charge is -2.15. The molecule has 2 atom stereocenters. The zero-order valence-corrected chi connectivity index (χ0v) is 12.8. The van der Waals surface area contributed by atoms with Crippen molar-refractivity contribution >= 4 is 37.8 Å². The zero-order chi connectivity index (χ0) is 13.0. The van der Waals surface area contributed by atoms with E-state index in [2.05, 4.69) is 37.2 Å². The Morgan fingerprint density at radius 1 is 1.47 bits per heavy atom. The molecule has 0 heterocycles. The predicted molar refractivity (Wildman–Crippen MR) is 74.0 cm³/mol. The van der Waals surface area contributed by atoms with Gasteiger partial charge in [-0.2, -0.15) is 0 Å². The smallest absolute Gasteiger partial charge is 0.252 e. The molecule has 0 aromatic heterocycles. The number of halogens is 3. The highest BCUT2D eigenvalue weighted by Crippen LogP contribution is 2.18. The standard InChI is InChI=1S/C12H14Br2FNO/c1-7(13)5-8(2)16-12(17)10-4-3-9(15)6-11(10)14/h3-4,6-8H,5H2,1-2H3,(H,16,17). The SMILES string of the molecule is CC(Br)CC(C)NC(=O)c1ccc(F)cc1Br. The van der Waals surface area contributed by atoms with Crippen LogP contribution in [0.2, 0.25) is 0 Å². The van der Waals surface area contributed by atoms with Crippen molar-refractivity contribution in [1.82, 2.24) is 5.32 Å². The third kappa shape index (κ3) is 4.76. The third-order valence-electron chi connectivity index (χ3n) is 2.23. The van der Waals surface area contributed by atoms with Gasteiger partial charge in [0.15, 0.2) is 0 Å².